The van der Waals surface area contributed by atoms with Gasteiger partial charge < -0.3 is 9.47 Å². The lowest BCUT2D eigenvalue weighted by atomic mass is 10.1. The van der Waals surface area contributed by atoms with Crippen LogP contribution in [0.5, 0.6) is 11.5 Å². The molecule has 0 spiro atoms. The molecule has 1 aromatic heterocycles. The van der Waals surface area contributed by atoms with E-state index in [0.717, 1.165) is 5.56 Å². The summed E-state index contributed by atoms with van der Waals surface area (Å²) in [4.78, 5) is 21.0. The van der Waals surface area contributed by atoms with Gasteiger partial charge in [-0.05, 0) is 60.7 Å². The average molecular weight is 536 g/mol. The van der Waals surface area contributed by atoms with Crippen molar-refractivity contribution in [2.45, 2.75) is 13.5 Å². The number of carbonyl (C=O) groups excluding carboxylic acids is 1. The number of aliphatic imine (C=N–C) groups is 1. The Hall–Kier alpha value is -4.02. The summed E-state index contributed by atoms with van der Waals surface area (Å²) in [5.74, 6) is -0.496. The number of nitrogens with zero attached hydrogens (tertiary/aromatic N) is 4. The van der Waals surface area contributed by atoms with Crippen molar-refractivity contribution in [1.29, 1.82) is 5.41 Å². The predicted molar refractivity (Wildman–Crippen MR) is 142 cm³/mol. The molecule has 0 unspecified atom stereocenters. The zero-order valence-electron chi connectivity index (χ0n) is 19.4. The summed E-state index contributed by atoms with van der Waals surface area (Å²) in [6.07, 6.45) is 4.81. The van der Waals surface area contributed by atoms with Gasteiger partial charge in [0.1, 0.15) is 17.5 Å². The van der Waals surface area contributed by atoms with Crippen LogP contribution >= 0.6 is 23.4 Å². The minimum Gasteiger partial charge on any atom is -0.490 e. The Bertz CT molecular complexity index is 1490. The first-order valence-corrected chi connectivity index (χ1v) is 12.4. The molecule has 3 heterocycles. The Morgan fingerprint density at radius 1 is 1.19 bits per heavy atom. The lowest BCUT2D eigenvalue weighted by molar-refractivity contribution is -0.114. The molecule has 37 heavy (non-hydrogen) atoms. The van der Waals surface area contributed by atoms with E-state index in [9.17, 15) is 9.18 Å². The number of pyridine rings is 1. The maximum atomic E-state index is 14.0. The maximum absolute atomic E-state index is 14.0. The summed E-state index contributed by atoms with van der Waals surface area (Å²) in [6, 6.07) is 13.1. The number of fused-ring (bicyclic) bond motifs is 1. The highest BCUT2D eigenvalue weighted by Crippen LogP contribution is 2.38. The number of hydrogen-bond acceptors (Lipinski definition) is 7. The minimum absolute atomic E-state index is 0.0408. The molecule has 0 atom stereocenters. The number of amides is 1. The Kier molecular flexibility index (Phi) is 7.02. The van der Waals surface area contributed by atoms with Crippen molar-refractivity contribution in [3.05, 3.63) is 94.0 Å². The molecule has 2 aromatic carbocycles. The molecular formula is C26H19ClFN5O3S. The van der Waals surface area contributed by atoms with Crippen molar-refractivity contribution in [2.24, 2.45) is 10.1 Å². The second-order valence-corrected chi connectivity index (χ2v) is 9.17. The molecule has 3 aromatic rings. The number of hydrazone groups is 1. The van der Waals surface area contributed by atoms with Gasteiger partial charge in [0.05, 0.1) is 17.2 Å². The van der Waals surface area contributed by atoms with Gasteiger partial charge in [-0.25, -0.2) is 4.39 Å². The second kappa shape index (κ2) is 10.5. The summed E-state index contributed by atoms with van der Waals surface area (Å²) in [5.41, 5.74) is 1.67. The van der Waals surface area contributed by atoms with Crippen LogP contribution in [0.15, 0.2) is 76.6 Å². The highest BCUT2D eigenvalue weighted by Gasteiger charge is 2.36. The predicted octanol–water partition coefficient (Wildman–Crippen LogP) is 5.52. The van der Waals surface area contributed by atoms with E-state index in [1.807, 2.05) is 6.07 Å². The van der Waals surface area contributed by atoms with Crippen molar-refractivity contribution in [3.63, 3.8) is 0 Å². The molecule has 2 aliphatic rings. The fourth-order valence-corrected chi connectivity index (χ4v) is 4.76. The van der Waals surface area contributed by atoms with Crippen LogP contribution in [0.2, 0.25) is 5.02 Å². The molecule has 8 nitrogen and oxygen atoms in total. The largest absolute Gasteiger partial charge is 0.490 e. The number of ether oxygens (including phenoxy) is 2. The smallest absolute Gasteiger partial charge is 0.283 e. The molecule has 2 aliphatic heterocycles. The van der Waals surface area contributed by atoms with Crippen LogP contribution < -0.4 is 9.47 Å². The third-order valence-electron chi connectivity index (χ3n) is 5.34. The first kappa shape index (κ1) is 24.7. The number of halogens is 2. The van der Waals surface area contributed by atoms with Crippen LogP contribution in [-0.4, -0.2) is 38.6 Å². The quantitative estimate of drug-likeness (QED) is 0.400. The Balaban J connectivity index is 1.43. The van der Waals surface area contributed by atoms with Gasteiger partial charge >= 0.3 is 0 Å². The standard InChI is InChI=1S/C26H19ClFN5O3S/c1-2-35-21-12-15(11-19(27)22(21)36-14-17-6-3-4-8-20(17)28)10-18-23(29)33-26(31-24(18)34)37-25(32-33)16-7-5-9-30-13-16/h3-13,29H,2,14H2,1H3. The number of carbonyl (C=O) groups is 1. The van der Waals surface area contributed by atoms with Crippen LogP contribution in [0.3, 0.4) is 0 Å². The topological polar surface area (TPSA) is 100 Å². The van der Waals surface area contributed by atoms with Crippen LogP contribution in [0, 0.1) is 11.2 Å². The molecule has 186 valence electrons. The summed E-state index contributed by atoms with van der Waals surface area (Å²) in [7, 11) is 0. The first-order valence-electron chi connectivity index (χ1n) is 11.2. The Labute approximate surface area is 221 Å². The van der Waals surface area contributed by atoms with Crippen LogP contribution in [-0.2, 0) is 11.4 Å². The third-order valence-corrected chi connectivity index (χ3v) is 6.57. The molecule has 0 aliphatic carbocycles. The molecule has 5 rings (SSSR count). The van der Waals surface area contributed by atoms with Gasteiger partial charge in [-0.15, -0.1) is 0 Å². The average Bonchev–Trinajstić information content (AvgIpc) is 3.32. The van der Waals surface area contributed by atoms with E-state index in [1.54, 1.807) is 55.7 Å². The molecule has 0 fully saturated rings. The number of benzene rings is 2. The van der Waals surface area contributed by atoms with Gasteiger partial charge in [-0.1, -0.05) is 29.8 Å². The molecule has 11 heteroatoms. The number of rotatable bonds is 7. The van der Waals surface area contributed by atoms with E-state index >= 15 is 0 Å². The SMILES string of the molecule is CCOc1cc(C=C2C(=N)N3N=C(c4cccnc4)SC3=NC2=O)cc(Cl)c1OCc1ccccc1F. The van der Waals surface area contributed by atoms with Crippen molar-refractivity contribution < 1.29 is 18.7 Å². The summed E-state index contributed by atoms with van der Waals surface area (Å²) >= 11 is 7.70. The van der Waals surface area contributed by atoms with Crippen molar-refractivity contribution in [1.82, 2.24) is 9.99 Å². The Morgan fingerprint density at radius 3 is 2.78 bits per heavy atom. The number of amidine groups is 2. The second-order valence-electron chi connectivity index (χ2n) is 7.81. The summed E-state index contributed by atoms with van der Waals surface area (Å²) < 4.78 is 25.5. The number of nitrogens with one attached hydrogen (secondary N) is 1. The Morgan fingerprint density at radius 2 is 2.03 bits per heavy atom. The van der Waals surface area contributed by atoms with Crippen molar-refractivity contribution >= 4 is 51.4 Å². The monoisotopic (exact) mass is 535 g/mol. The lowest BCUT2D eigenvalue weighted by Gasteiger charge is -2.20. The summed E-state index contributed by atoms with van der Waals surface area (Å²) in [5, 5.41) is 15.5. The van der Waals surface area contributed by atoms with E-state index in [4.69, 9.17) is 26.5 Å². The van der Waals surface area contributed by atoms with Gasteiger partial charge in [-0.3, -0.25) is 15.2 Å². The van der Waals surface area contributed by atoms with E-state index in [0.29, 0.717) is 33.7 Å². The van der Waals surface area contributed by atoms with Gasteiger partial charge in [-0.2, -0.15) is 15.1 Å². The number of hydrogen-bond donors (Lipinski definition) is 1. The van der Waals surface area contributed by atoms with E-state index in [1.165, 1.54) is 28.9 Å². The molecule has 0 radical (unpaired) electrons. The third kappa shape index (κ3) is 5.11. The zero-order valence-corrected chi connectivity index (χ0v) is 21.0. The van der Waals surface area contributed by atoms with E-state index < -0.39 is 5.91 Å². The molecule has 0 saturated carbocycles. The molecule has 0 saturated heterocycles. The van der Waals surface area contributed by atoms with Gasteiger partial charge in [0.15, 0.2) is 17.3 Å². The van der Waals surface area contributed by atoms with Gasteiger partial charge in [0.2, 0.25) is 5.17 Å². The van der Waals surface area contributed by atoms with Crippen molar-refractivity contribution in [2.75, 3.05) is 6.61 Å². The normalized spacial score (nSPS) is 16.0. The highest BCUT2D eigenvalue weighted by atomic mass is 35.5. The fourth-order valence-electron chi connectivity index (χ4n) is 3.60. The fraction of sp³-hybridized carbons (Fsp3) is 0.115. The number of aromatic nitrogens is 1. The summed E-state index contributed by atoms with van der Waals surface area (Å²) in [6.45, 7) is 2.09. The van der Waals surface area contributed by atoms with Crippen LogP contribution in [0.25, 0.3) is 6.08 Å². The minimum atomic E-state index is -0.569. The van der Waals surface area contributed by atoms with Crippen LogP contribution in [0.4, 0.5) is 4.39 Å². The van der Waals surface area contributed by atoms with Gasteiger partial charge in [0.25, 0.3) is 5.91 Å². The van der Waals surface area contributed by atoms with E-state index in [2.05, 4.69) is 15.1 Å². The molecular weight excluding hydrogens is 517 g/mol. The first-order chi connectivity index (χ1) is 17.9. The zero-order chi connectivity index (χ0) is 25.9. The molecule has 1 amide bonds. The molecule has 1 N–H and O–H groups in total. The highest BCUT2D eigenvalue weighted by molar-refractivity contribution is 8.27. The van der Waals surface area contributed by atoms with Crippen molar-refractivity contribution in [3.8, 4) is 11.5 Å². The van der Waals surface area contributed by atoms with E-state index in [-0.39, 0.29) is 34.6 Å². The molecule has 0 bridgehead atoms. The maximum Gasteiger partial charge on any atom is 0.283 e. The number of thioether (sulfide) groups is 1. The lowest BCUT2D eigenvalue weighted by Crippen LogP contribution is -2.35. The van der Waals surface area contributed by atoms with Gasteiger partial charge in [0, 0.05) is 23.5 Å². The van der Waals surface area contributed by atoms with Crippen LogP contribution in [0.1, 0.15) is 23.6 Å².